The van der Waals surface area contributed by atoms with E-state index in [2.05, 4.69) is 5.32 Å². The molecular formula is C12H17N3O3S. The zero-order valence-electron chi connectivity index (χ0n) is 10.9. The highest BCUT2D eigenvalue weighted by Crippen LogP contribution is 2.21. The summed E-state index contributed by atoms with van der Waals surface area (Å²) in [5.74, 6) is 1.06. The lowest BCUT2D eigenvalue weighted by molar-refractivity contribution is -0.383. The molecule has 7 heteroatoms. The van der Waals surface area contributed by atoms with Crippen molar-refractivity contribution in [2.75, 3.05) is 24.3 Å². The van der Waals surface area contributed by atoms with Gasteiger partial charge >= 0.3 is 0 Å². The maximum absolute atomic E-state index is 11.8. The maximum atomic E-state index is 11.8. The van der Waals surface area contributed by atoms with E-state index in [0.717, 1.165) is 5.75 Å². The van der Waals surface area contributed by atoms with Gasteiger partial charge in [-0.25, -0.2) is 0 Å². The van der Waals surface area contributed by atoms with Gasteiger partial charge in [0.2, 0.25) is 0 Å². The Morgan fingerprint density at radius 3 is 2.79 bits per heavy atom. The summed E-state index contributed by atoms with van der Waals surface area (Å²) < 4.78 is 0. The molecule has 1 atom stereocenters. The number of hydrogen-bond donors (Lipinski definition) is 2. The third-order valence-electron chi connectivity index (χ3n) is 2.55. The number of nitrogen functional groups attached to an aromatic ring is 1. The van der Waals surface area contributed by atoms with Crippen molar-refractivity contribution < 1.29 is 9.72 Å². The molecule has 1 aromatic carbocycles. The van der Waals surface area contributed by atoms with Crippen LogP contribution in [-0.2, 0) is 0 Å². The van der Waals surface area contributed by atoms with Crippen LogP contribution in [-0.4, -0.2) is 29.4 Å². The second-order valence-electron chi connectivity index (χ2n) is 4.30. The summed E-state index contributed by atoms with van der Waals surface area (Å²) >= 11 is 1.72. The smallest absolute Gasteiger partial charge is 0.292 e. The summed E-state index contributed by atoms with van der Waals surface area (Å²) in [5.41, 5.74) is 5.68. The number of nitrogens with one attached hydrogen (secondary N) is 1. The molecule has 0 saturated heterocycles. The number of rotatable bonds is 6. The predicted octanol–water partition coefficient (Wildman–Crippen LogP) is 1.91. The van der Waals surface area contributed by atoms with Crippen LogP contribution in [0.15, 0.2) is 18.2 Å². The van der Waals surface area contributed by atoms with Gasteiger partial charge in [0.25, 0.3) is 11.6 Å². The summed E-state index contributed by atoms with van der Waals surface area (Å²) in [6, 6.07) is 3.98. The molecule has 1 rings (SSSR count). The SMILES string of the molecule is CSCC(C)CNC(=O)c1ccc([N+](=O)[O-])c(N)c1. The van der Waals surface area contributed by atoms with Crippen molar-refractivity contribution in [2.24, 2.45) is 5.92 Å². The van der Waals surface area contributed by atoms with Crippen molar-refractivity contribution in [3.8, 4) is 0 Å². The van der Waals surface area contributed by atoms with E-state index in [0.29, 0.717) is 18.0 Å². The van der Waals surface area contributed by atoms with Crippen LogP contribution < -0.4 is 11.1 Å². The summed E-state index contributed by atoms with van der Waals surface area (Å²) in [6.07, 6.45) is 2.01. The van der Waals surface area contributed by atoms with Crippen LogP contribution in [0.4, 0.5) is 11.4 Å². The first-order valence-electron chi connectivity index (χ1n) is 5.76. The molecule has 19 heavy (non-hydrogen) atoms. The van der Waals surface area contributed by atoms with Gasteiger partial charge in [0.05, 0.1) is 4.92 Å². The Labute approximate surface area is 115 Å². The van der Waals surface area contributed by atoms with Crippen LogP contribution in [0.5, 0.6) is 0 Å². The molecule has 0 saturated carbocycles. The third kappa shape index (κ3) is 4.44. The van der Waals surface area contributed by atoms with Gasteiger partial charge < -0.3 is 11.1 Å². The molecule has 6 nitrogen and oxygen atoms in total. The Hall–Kier alpha value is -1.76. The van der Waals surface area contributed by atoms with Gasteiger partial charge in [-0.05, 0) is 30.1 Å². The molecule has 0 fully saturated rings. The molecule has 0 aromatic heterocycles. The Balaban J connectivity index is 2.68. The first-order valence-corrected chi connectivity index (χ1v) is 7.16. The van der Waals surface area contributed by atoms with Crippen molar-refractivity contribution in [2.45, 2.75) is 6.92 Å². The molecule has 0 aliphatic carbocycles. The second kappa shape index (κ2) is 6.98. The third-order valence-corrected chi connectivity index (χ3v) is 3.45. The van der Waals surface area contributed by atoms with E-state index in [1.165, 1.54) is 18.2 Å². The van der Waals surface area contributed by atoms with Gasteiger partial charge in [0, 0.05) is 18.2 Å². The number of nitrogens with two attached hydrogens (primary N) is 1. The topological polar surface area (TPSA) is 98.3 Å². The normalized spacial score (nSPS) is 11.9. The molecule has 0 spiro atoms. The summed E-state index contributed by atoms with van der Waals surface area (Å²) in [6.45, 7) is 2.61. The van der Waals surface area contributed by atoms with Gasteiger partial charge in [-0.3, -0.25) is 14.9 Å². The molecule has 3 N–H and O–H groups in total. The van der Waals surface area contributed by atoms with Crippen molar-refractivity contribution in [1.29, 1.82) is 0 Å². The lowest BCUT2D eigenvalue weighted by Crippen LogP contribution is -2.29. The minimum atomic E-state index is -0.572. The van der Waals surface area contributed by atoms with Crippen molar-refractivity contribution in [3.05, 3.63) is 33.9 Å². The predicted molar refractivity (Wildman–Crippen MR) is 77.4 cm³/mol. The summed E-state index contributed by atoms with van der Waals surface area (Å²) in [4.78, 5) is 21.9. The van der Waals surface area contributed by atoms with Crippen LogP contribution in [0, 0.1) is 16.0 Å². The molecule has 0 radical (unpaired) electrons. The molecule has 1 aromatic rings. The Morgan fingerprint density at radius 2 is 2.26 bits per heavy atom. The first kappa shape index (κ1) is 15.3. The van der Waals surface area contributed by atoms with Gasteiger partial charge in [-0.15, -0.1) is 0 Å². The summed E-state index contributed by atoms with van der Waals surface area (Å²) in [7, 11) is 0. The summed E-state index contributed by atoms with van der Waals surface area (Å²) in [5, 5.41) is 13.4. The van der Waals surface area contributed by atoms with E-state index in [1.54, 1.807) is 11.8 Å². The van der Waals surface area contributed by atoms with E-state index in [4.69, 9.17) is 5.73 Å². The number of amides is 1. The van der Waals surface area contributed by atoms with E-state index >= 15 is 0 Å². The molecular weight excluding hydrogens is 266 g/mol. The van der Waals surface area contributed by atoms with Crippen molar-refractivity contribution in [1.82, 2.24) is 5.32 Å². The fourth-order valence-corrected chi connectivity index (χ4v) is 2.26. The van der Waals surface area contributed by atoms with Crippen LogP contribution >= 0.6 is 11.8 Å². The highest BCUT2D eigenvalue weighted by atomic mass is 32.2. The van der Waals surface area contributed by atoms with Gasteiger partial charge in [-0.2, -0.15) is 11.8 Å². The zero-order valence-corrected chi connectivity index (χ0v) is 11.7. The number of nitro groups is 1. The average Bonchev–Trinajstić information content (AvgIpc) is 2.35. The van der Waals surface area contributed by atoms with Gasteiger partial charge in [0.1, 0.15) is 5.69 Å². The monoisotopic (exact) mass is 283 g/mol. The van der Waals surface area contributed by atoms with Crippen molar-refractivity contribution in [3.63, 3.8) is 0 Å². The molecule has 1 amide bonds. The van der Waals surface area contributed by atoms with Crippen LogP contribution in [0.25, 0.3) is 0 Å². The number of hydrogen-bond acceptors (Lipinski definition) is 5. The molecule has 0 heterocycles. The standard InChI is InChI=1S/C12H17N3O3S/c1-8(7-19-2)6-14-12(16)9-3-4-11(15(17)18)10(13)5-9/h3-5,8H,6-7,13H2,1-2H3,(H,14,16). The van der Waals surface area contributed by atoms with Gasteiger partial charge in [-0.1, -0.05) is 6.92 Å². The lowest BCUT2D eigenvalue weighted by atomic mass is 10.1. The Bertz CT molecular complexity index is 479. The maximum Gasteiger partial charge on any atom is 0.292 e. The minimum absolute atomic E-state index is 0.00480. The van der Waals surface area contributed by atoms with Crippen molar-refractivity contribution >= 4 is 29.0 Å². The number of carbonyl (C=O) groups excluding carboxylic acids is 1. The number of nitrogens with zero attached hydrogens (tertiary/aromatic N) is 1. The minimum Gasteiger partial charge on any atom is -0.393 e. The number of carbonyl (C=O) groups is 1. The number of nitro benzene ring substituents is 1. The van der Waals surface area contributed by atoms with E-state index in [9.17, 15) is 14.9 Å². The molecule has 1 unspecified atom stereocenters. The number of thioether (sulfide) groups is 1. The lowest BCUT2D eigenvalue weighted by Gasteiger charge is -2.11. The molecule has 0 aliphatic heterocycles. The number of benzene rings is 1. The molecule has 104 valence electrons. The highest BCUT2D eigenvalue weighted by Gasteiger charge is 2.14. The van der Waals surface area contributed by atoms with E-state index < -0.39 is 4.92 Å². The largest absolute Gasteiger partial charge is 0.393 e. The van der Waals surface area contributed by atoms with Crippen LogP contribution in [0.2, 0.25) is 0 Å². The van der Waals surface area contributed by atoms with E-state index in [-0.39, 0.29) is 17.3 Å². The van der Waals surface area contributed by atoms with Crippen LogP contribution in [0.3, 0.4) is 0 Å². The fourth-order valence-electron chi connectivity index (χ4n) is 1.57. The van der Waals surface area contributed by atoms with E-state index in [1.807, 2.05) is 13.2 Å². The highest BCUT2D eigenvalue weighted by molar-refractivity contribution is 7.98. The second-order valence-corrected chi connectivity index (χ2v) is 5.21. The fraction of sp³-hybridized carbons (Fsp3) is 0.417. The average molecular weight is 283 g/mol. The van der Waals surface area contributed by atoms with Crippen LogP contribution in [0.1, 0.15) is 17.3 Å². The molecule has 0 bridgehead atoms. The van der Waals surface area contributed by atoms with Gasteiger partial charge in [0.15, 0.2) is 0 Å². The Kier molecular flexibility index (Phi) is 5.62. The molecule has 0 aliphatic rings. The first-order chi connectivity index (χ1) is 8.95. The quantitative estimate of drug-likeness (QED) is 0.472. The zero-order chi connectivity index (χ0) is 14.4. The Morgan fingerprint density at radius 1 is 1.58 bits per heavy atom. The number of anilines is 1.